The number of carbonyl (C=O) groups excluding carboxylic acids is 4. The molecule has 0 bridgehead atoms. The second kappa shape index (κ2) is 13.7. The largest absolute Gasteiger partial charge is 0.455 e. The van der Waals surface area contributed by atoms with Crippen LogP contribution in [0.2, 0.25) is 0 Å². The minimum absolute atomic E-state index is 0.0846. The first-order valence-corrected chi connectivity index (χ1v) is 16.6. The summed E-state index contributed by atoms with van der Waals surface area (Å²) in [6.45, 7) is 2.62. The molecule has 1 aromatic heterocycles. The van der Waals surface area contributed by atoms with E-state index in [0.29, 0.717) is 48.6 Å². The van der Waals surface area contributed by atoms with Gasteiger partial charge in [-0.25, -0.2) is 0 Å². The van der Waals surface area contributed by atoms with Crippen molar-refractivity contribution in [1.82, 2.24) is 14.7 Å². The predicted molar refractivity (Wildman–Crippen MR) is 185 cm³/mol. The lowest BCUT2D eigenvalue weighted by atomic mass is 10.0. The molecule has 3 heterocycles. The van der Waals surface area contributed by atoms with Crippen molar-refractivity contribution in [1.29, 1.82) is 0 Å². The summed E-state index contributed by atoms with van der Waals surface area (Å²) in [5.41, 5.74) is 3.57. The molecule has 3 aromatic carbocycles. The molecule has 3 atom stereocenters. The molecular formula is C36H38BrN5O5. The van der Waals surface area contributed by atoms with Crippen LogP contribution in [0.4, 0.5) is 11.4 Å². The van der Waals surface area contributed by atoms with E-state index in [4.69, 9.17) is 4.42 Å². The van der Waals surface area contributed by atoms with Crippen LogP contribution in [0.15, 0.2) is 81.7 Å². The number of nitrogens with one attached hydrogen (secondary N) is 2. The van der Waals surface area contributed by atoms with Gasteiger partial charge in [0.2, 0.25) is 23.6 Å². The van der Waals surface area contributed by atoms with Crippen molar-refractivity contribution >= 4 is 61.9 Å². The van der Waals surface area contributed by atoms with Crippen LogP contribution in [0.3, 0.4) is 0 Å². The Morgan fingerprint density at radius 2 is 1.43 bits per heavy atom. The molecule has 2 aliphatic rings. The Kier molecular flexibility index (Phi) is 9.47. The summed E-state index contributed by atoms with van der Waals surface area (Å²) in [5.74, 6) is 0.0239. The number of nitrogens with zero attached hydrogens (tertiary/aromatic N) is 3. The van der Waals surface area contributed by atoms with E-state index >= 15 is 0 Å². The molecule has 0 aliphatic carbocycles. The highest BCUT2D eigenvalue weighted by atomic mass is 79.9. The van der Waals surface area contributed by atoms with E-state index in [9.17, 15) is 19.2 Å². The highest BCUT2D eigenvalue weighted by Crippen LogP contribution is 2.39. The van der Waals surface area contributed by atoms with Crippen molar-refractivity contribution in [3.63, 3.8) is 0 Å². The van der Waals surface area contributed by atoms with Gasteiger partial charge in [0.05, 0.1) is 4.47 Å². The second-order valence-electron chi connectivity index (χ2n) is 12.3. The number of furan rings is 1. The zero-order valence-corrected chi connectivity index (χ0v) is 28.2. The van der Waals surface area contributed by atoms with Crippen molar-refractivity contribution in [3.05, 3.63) is 82.8 Å². The Bertz CT molecular complexity index is 1810. The molecule has 244 valence electrons. The predicted octanol–water partition coefficient (Wildman–Crippen LogP) is 6.04. The Morgan fingerprint density at radius 1 is 0.830 bits per heavy atom. The topological polar surface area (TPSA) is 115 Å². The number of carbonyl (C=O) groups is 4. The van der Waals surface area contributed by atoms with Gasteiger partial charge in [-0.1, -0.05) is 30.3 Å². The molecule has 11 heteroatoms. The van der Waals surface area contributed by atoms with E-state index in [0.717, 1.165) is 33.8 Å². The number of hydrogen-bond acceptors (Lipinski definition) is 6. The summed E-state index contributed by atoms with van der Waals surface area (Å²) in [6, 6.07) is 20.9. The van der Waals surface area contributed by atoms with Crippen LogP contribution in [0, 0.1) is 0 Å². The molecule has 1 unspecified atom stereocenters. The van der Waals surface area contributed by atoms with Crippen molar-refractivity contribution < 1.29 is 23.6 Å². The zero-order chi connectivity index (χ0) is 33.2. The van der Waals surface area contributed by atoms with Gasteiger partial charge in [0, 0.05) is 42.3 Å². The van der Waals surface area contributed by atoms with Crippen LogP contribution in [0.1, 0.15) is 44.2 Å². The molecule has 0 radical (unpaired) electrons. The fourth-order valence-electron chi connectivity index (χ4n) is 6.66. The number of likely N-dealkylation sites (N-methyl/N-ethyl adjacent to an activating group) is 1. The van der Waals surface area contributed by atoms with E-state index in [1.165, 1.54) is 6.92 Å². The highest BCUT2D eigenvalue weighted by molar-refractivity contribution is 9.10. The molecular weight excluding hydrogens is 662 g/mol. The molecule has 6 rings (SSSR count). The van der Waals surface area contributed by atoms with Gasteiger partial charge in [0.15, 0.2) is 0 Å². The summed E-state index contributed by atoms with van der Waals surface area (Å²) in [7, 11) is 3.75. The Morgan fingerprint density at radius 3 is 2.06 bits per heavy atom. The fourth-order valence-corrected chi connectivity index (χ4v) is 7.28. The van der Waals surface area contributed by atoms with Crippen molar-refractivity contribution in [2.24, 2.45) is 0 Å². The number of fused-ring (bicyclic) bond motifs is 1. The van der Waals surface area contributed by atoms with Crippen LogP contribution in [0.25, 0.3) is 22.3 Å². The van der Waals surface area contributed by atoms with Crippen molar-refractivity contribution in [3.8, 4) is 11.3 Å². The number of amides is 4. The molecule has 0 saturated carbocycles. The fraction of sp³-hybridized carbons (Fsp3) is 0.333. The van der Waals surface area contributed by atoms with Crippen LogP contribution in [-0.2, 0) is 19.2 Å². The van der Waals surface area contributed by atoms with Gasteiger partial charge in [-0.15, -0.1) is 0 Å². The molecule has 2 fully saturated rings. The van der Waals surface area contributed by atoms with E-state index in [-0.39, 0.29) is 23.6 Å². The molecule has 4 aromatic rings. The second-order valence-corrected chi connectivity index (χ2v) is 13.1. The molecule has 2 N–H and O–H groups in total. The van der Waals surface area contributed by atoms with Gasteiger partial charge in [-0.05, 0) is 104 Å². The third kappa shape index (κ3) is 6.68. The van der Waals surface area contributed by atoms with Gasteiger partial charge >= 0.3 is 0 Å². The standard InChI is InChI=1S/C36H38BrN5O5/c1-22(43)41-19-7-11-28(41)34(44)38-25-15-13-24(14-16-25)33-31(37)27-21-26(17-18-30(27)47-33)39-35(45)29-12-8-20-42(29)36(46)32(40(2)3)23-9-5-4-6-10-23/h4-6,9-10,13-18,21,28-29,32H,7-8,11-12,19-20H2,1-3H3,(H,38,44)(H,39,45)/t28-,29?,32-/m0/s1. The number of anilines is 2. The van der Waals surface area contributed by atoms with Crippen molar-refractivity contribution in [2.45, 2.75) is 50.7 Å². The third-order valence-corrected chi connectivity index (χ3v) is 9.76. The van der Waals surface area contributed by atoms with Gasteiger partial charge in [-0.3, -0.25) is 24.1 Å². The molecule has 2 saturated heterocycles. The Balaban J connectivity index is 1.15. The van der Waals surface area contributed by atoms with Gasteiger partial charge < -0.3 is 24.9 Å². The van der Waals surface area contributed by atoms with Crippen LogP contribution in [-0.4, -0.2) is 77.6 Å². The lowest BCUT2D eigenvalue weighted by Gasteiger charge is -2.31. The minimum atomic E-state index is -0.564. The quantitative estimate of drug-likeness (QED) is 0.232. The maximum Gasteiger partial charge on any atom is 0.247 e. The maximum absolute atomic E-state index is 13.7. The number of hydrogen-bond donors (Lipinski definition) is 2. The Labute approximate surface area is 282 Å². The minimum Gasteiger partial charge on any atom is -0.455 e. The summed E-state index contributed by atoms with van der Waals surface area (Å²) in [6.07, 6.45) is 2.82. The molecule has 0 spiro atoms. The van der Waals surface area contributed by atoms with Gasteiger partial charge in [0.1, 0.15) is 29.5 Å². The van der Waals surface area contributed by atoms with Crippen LogP contribution < -0.4 is 10.6 Å². The van der Waals surface area contributed by atoms with E-state index in [1.807, 2.05) is 73.6 Å². The lowest BCUT2D eigenvalue weighted by molar-refractivity contribution is -0.140. The van der Waals surface area contributed by atoms with Crippen LogP contribution in [0.5, 0.6) is 0 Å². The summed E-state index contributed by atoms with van der Waals surface area (Å²) < 4.78 is 6.91. The number of rotatable bonds is 8. The third-order valence-electron chi connectivity index (χ3n) is 8.97. The number of likely N-dealkylation sites (tertiary alicyclic amines) is 2. The monoisotopic (exact) mass is 699 g/mol. The Hall–Kier alpha value is -4.48. The lowest BCUT2D eigenvalue weighted by Crippen LogP contribution is -2.47. The zero-order valence-electron chi connectivity index (χ0n) is 26.7. The first-order chi connectivity index (χ1) is 22.6. The van der Waals surface area contributed by atoms with E-state index in [2.05, 4.69) is 26.6 Å². The summed E-state index contributed by atoms with van der Waals surface area (Å²) >= 11 is 3.69. The van der Waals surface area contributed by atoms with Gasteiger partial charge in [0.25, 0.3) is 0 Å². The average Bonchev–Trinajstić information content (AvgIpc) is 3.82. The number of halogens is 1. The SMILES string of the molecule is CC(=O)N1CCC[C@H]1C(=O)Nc1ccc(-c2oc3ccc(NC(=O)C4CCCN4C(=O)[C@H](c4ccccc4)N(C)C)cc3c2Br)cc1. The van der Waals surface area contributed by atoms with Gasteiger partial charge in [-0.2, -0.15) is 0 Å². The first-order valence-electron chi connectivity index (χ1n) is 15.9. The molecule has 10 nitrogen and oxygen atoms in total. The first kappa shape index (κ1) is 32.5. The molecule has 47 heavy (non-hydrogen) atoms. The average molecular weight is 701 g/mol. The van der Waals surface area contributed by atoms with Crippen LogP contribution >= 0.6 is 15.9 Å². The smallest absolute Gasteiger partial charge is 0.247 e. The molecule has 4 amide bonds. The normalized spacial score (nSPS) is 18.5. The summed E-state index contributed by atoms with van der Waals surface area (Å²) in [4.78, 5) is 57.2. The van der Waals surface area contributed by atoms with E-state index < -0.39 is 18.1 Å². The highest BCUT2D eigenvalue weighted by Gasteiger charge is 2.38. The summed E-state index contributed by atoms with van der Waals surface area (Å²) in [5, 5.41) is 6.74. The molecule has 2 aliphatic heterocycles. The van der Waals surface area contributed by atoms with Crippen molar-refractivity contribution in [2.75, 3.05) is 37.8 Å². The number of benzene rings is 3. The maximum atomic E-state index is 13.7. The van der Waals surface area contributed by atoms with E-state index in [1.54, 1.807) is 28.0 Å².